The van der Waals surface area contributed by atoms with E-state index in [0.717, 1.165) is 43.3 Å². The molecule has 0 amide bonds. The van der Waals surface area contributed by atoms with Crippen molar-refractivity contribution in [2.24, 2.45) is 0 Å². The van der Waals surface area contributed by atoms with Crippen molar-refractivity contribution in [1.82, 2.24) is 19.4 Å². The molecule has 1 aliphatic rings. The van der Waals surface area contributed by atoms with E-state index in [1.165, 1.54) is 16.9 Å². The number of rotatable bonds is 9. The third kappa shape index (κ3) is 5.62. The Balaban J connectivity index is 0.00000306. The van der Waals surface area contributed by atoms with E-state index in [9.17, 15) is 9.59 Å². The summed E-state index contributed by atoms with van der Waals surface area (Å²) in [4.78, 5) is 40.5. The molecule has 33 heavy (non-hydrogen) atoms. The second-order valence-corrected chi connectivity index (χ2v) is 9.54. The summed E-state index contributed by atoms with van der Waals surface area (Å²) >= 11 is 1.44. The SMILES string of the molecule is CCn1c(CCN(C)C)nc2sc(N3CCC[C@@H]3C(=O)CCc3ccccc3)nc2c1=O.Cl. The van der Waals surface area contributed by atoms with Crippen LogP contribution in [0.3, 0.4) is 0 Å². The minimum atomic E-state index is -0.166. The van der Waals surface area contributed by atoms with E-state index >= 15 is 0 Å². The lowest BCUT2D eigenvalue weighted by atomic mass is 10.0. The molecule has 1 aromatic carbocycles. The summed E-state index contributed by atoms with van der Waals surface area (Å²) < 4.78 is 1.72. The number of thiazole rings is 1. The average Bonchev–Trinajstić information content (AvgIpc) is 3.44. The molecule has 0 radical (unpaired) electrons. The smallest absolute Gasteiger partial charge is 0.281 e. The van der Waals surface area contributed by atoms with Crippen LogP contribution in [0.4, 0.5) is 5.13 Å². The van der Waals surface area contributed by atoms with Crippen molar-refractivity contribution in [3.63, 3.8) is 0 Å². The summed E-state index contributed by atoms with van der Waals surface area (Å²) in [5.41, 5.74) is 1.52. The van der Waals surface area contributed by atoms with Crippen molar-refractivity contribution < 1.29 is 4.79 Å². The zero-order chi connectivity index (χ0) is 22.7. The Morgan fingerprint density at radius 3 is 2.64 bits per heavy atom. The normalized spacial score (nSPS) is 15.9. The Morgan fingerprint density at radius 1 is 1.18 bits per heavy atom. The van der Waals surface area contributed by atoms with E-state index in [0.29, 0.717) is 29.7 Å². The lowest BCUT2D eigenvalue weighted by Crippen LogP contribution is -2.36. The van der Waals surface area contributed by atoms with Crippen molar-refractivity contribution in [3.05, 3.63) is 52.1 Å². The number of carbonyl (C=O) groups excluding carboxylic acids is 1. The third-order valence-electron chi connectivity index (χ3n) is 6.06. The van der Waals surface area contributed by atoms with Gasteiger partial charge in [-0.25, -0.2) is 9.97 Å². The van der Waals surface area contributed by atoms with E-state index in [1.54, 1.807) is 4.57 Å². The predicted octanol–water partition coefficient (Wildman–Crippen LogP) is 3.57. The summed E-state index contributed by atoms with van der Waals surface area (Å²) in [6.45, 7) is 4.15. The van der Waals surface area contributed by atoms with Crippen molar-refractivity contribution in [2.75, 3.05) is 32.1 Å². The molecule has 4 rings (SSSR count). The molecule has 1 aliphatic heterocycles. The number of nitrogens with zero attached hydrogens (tertiary/aromatic N) is 5. The largest absolute Gasteiger partial charge is 0.338 e. The summed E-state index contributed by atoms with van der Waals surface area (Å²) in [5.74, 6) is 1.04. The van der Waals surface area contributed by atoms with Gasteiger partial charge in [0.1, 0.15) is 5.82 Å². The topological polar surface area (TPSA) is 71.3 Å². The lowest BCUT2D eigenvalue weighted by Gasteiger charge is -2.22. The fourth-order valence-electron chi connectivity index (χ4n) is 4.31. The molecular weight excluding hydrogens is 458 g/mol. The van der Waals surface area contributed by atoms with Gasteiger partial charge < -0.3 is 9.80 Å². The molecule has 0 saturated carbocycles. The number of likely N-dealkylation sites (N-methyl/N-ethyl adjacent to an activating group) is 1. The second kappa shape index (κ2) is 11.2. The second-order valence-electron chi connectivity index (χ2n) is 8.58. The van der Waals surface area contributed by atoms with E-state index in [4.69, 9.17) is 4.98 Å². The number of hydrogen-bond acceptors (Lipinski definition) is 7. The Kier molecular flexibility index (Phi) is 8.62. The van der Waals surface area contributed by atoms with E-state index in [-0.39, 0.29) is 29.8 Å². The maximum atomic E-state index is 13.1. The van der Waals surface area contributed by atoms with Gasteiger partial charge in [0.25, 0.3) is 5.56 Å². The van der Waals surface area contributed by atoms with Crippen LogP contribution in [0.15, 0.2) is 35.1 Å². The van der Waals surface area contributed by atoms with E-state index < -0.39 is 0 Å². The summed E-state index contributed by atoms with van der Waals surface area (Å²) in [6.07, 6.45) is 3.78. The standard InChI is InChI=1S/C24H31N5O2S.ClH/c1-4-28-20(14-16-27(2)3)25-22-21(23(28)31)26-24(32-22)29-15-8-11-18(29)19(30)13-12-17-9-6-5-7-10-17;/h5-7,9-10,18H,4,8,11-16H2,1-3H3;1H/t18-;/m1./s1. The van der Waals surface area contributed by atoms with Gasteiger partial charge in [-0.05, 0) is 45.8 Å². The highest BCUT2D eigenvalue weighted by molar-refractivity contribution is 7.21. The highest BCUT2D eigenvalue weighted by Gasteiger charge is 2.32. The first-order valence-electron chi connectivity index (χ1n) is 11.4. The van der Waals surface area contributed by atoms with Crippen LogP contribution in [0, 0.1) is 0 Å². The Morgan fingerprint density at radius 2 is 1.94 bits per heavy atom. The van der Waals surface area contributed by atoms with E-state index in [2.05, 4.69) is 26.9 Å². The summed E-state index contributed by atoms with van der Waals surface area (Å²) in [6, 6.07) is 9.96. The third-order valence-corrected chi connectivity index (χ3v) is 7.05. The number of Topliss-reactive ketones (excluding diaryl/α,β-unsaturated/α-hetero) is 1. The number of benzene rings is 1. The first-order chi connectivity index (χ1) is 15.5. The zero-order valence-electron chi connectivity index (χ0n) is 19.5. The van der Waals surface area contributed by atoms with Gasteiger partial charge in [-0.15, -0.1) is 12.4 Å². The molecule has 1 saturated heterocycles. The van der Waals surface area contributed by atoms with Crippen LogP contribution in [0.5, 0.6) is 0 Å². The first kappa shape index (κ1) is 25.3. The maximum Gasteiger partial charge on any atom is 0.281 e. The number of halogens is 1. The number of fused-ring (bicyclic) bond motifs is 1. The number of anilines is 1. The molecule has 7 nitrogen and oxygen atoms in total. The first-order valence-corrected chi connectivity index (χ1v) is 12.2. The van der Waals surface area contributed by atoms with Gasteiger partial charge in [-0.3, -0.25) is 14.2 Å². The highest BCUT2D eigenvalue weighted by atomic mass is 35.5. The van der Waals surface area contributed by atoms with Crippen LogP contribution >= 0.6 is 23.7 Å². The van der Waals surface area contributed by atoms with Crippen LogP contribution in [0.25, 0.3) is 10.3 Å². The molecule has 0 aliphatic carbocycles. The summed E-state index contributed by atoms with van der Waals surface area (Å²) in [5, 5.41) is 0.743. The van der Waals surface area contributed by atoms with Gasteiger partial charge in [-0.2, -0.15) is 0 Å². The molecule has 3 heterocycles. The summed E-state index contributed by atoms with van der Waals surface area (Å²) in [7, 11) is 4.03. The molecule has 9 heteroatoms. The molecule has 3 aromatic rings. The van der Waals surface area contributed by atoms with Crippen LogP contribution in [0.1, 0.15) is 37.6 Å². The van der Waals surface area contributed by atoms with Crippen LogP contribution < -0.4 is 10.5 Å². The van der Waals surface area contributed by atoms with Gasteiger partial charge in [0, 0.05) is 32.5 Å². The molecule has 1 fully saturated rings. The van der Waals surface area contributed by atoms with Crippen molar-refractivity contribution in [1.29, 1.82) is 0 Å². The number of aromatic nitrogens is 3. The number of carbonyl (C=O) groups is 1. The Hall–Kier alpha value is -2.29. The fourth-order valence-corrected chi connectivity index (χ4v) is 5.34. The van der Waals surface area contributed by atoms with Gasteiger partial charge in [0.05, 0.1) is 6.04 Å². The maximum absolute atomic E-state index is 13.1. The predicted molar refractivity (Wildman–Crippen MR) is 137 cm³/mol. The zero-order valence-corrected chi connectivity index (χ0v) is 21.1. The fraction of sp³-hybridized carbons (Fsp3) is 0.500. The molecule has 0 N–H and O–H groups in total. The van der Waals surface area contributed by atoms with Crippen LogP contribution in [-0.2, 0) is 24.2 Å². The van der Waals surface area contributed by atoms with Gasteiger partial charge in [0.15, 0.2) is 21.3 Å². The minimum absolute atomic E-state index is 0. The Bertz CT molecular complexity index is 1140. The number of ketones is 1. The molecule has 0 bridgehead atoms. The highest BCUT2D eigenvalue weighted by Crippen LogP contribution is 2.32. The van der Waals surface area contributed by atoms with E-state index in [1.807, 2.05) is 39.2 Å². The number of hydrogen-bond donors (Lipinski definition) is 0. The van der Waals surface area contributed by atoms with Gasteiger partial charge in [0.2, 0.25) is 0 Å². The van der Waals surface area contributed by atoms with Gasteiger partial charge >= 0.3 is 0 Å². The molecule has 2 aromatic heterocycles. The molecular formula is C24H32ClN5O2S. The number of aryl methyl sites for hydroxylation is 1. The monoisotopic (exact) mass is 489 g/mol. The van der Waals surface area contributed by atoms with Crippen LogP contribution in [0.2, 0.25) is 0 Å². The van der Waals surface area contributed by atoms with Gasteiger partial charge in [-0.1, -0.05) is 41.7 Å². The van der Waals surface area contributed by atoms with Crippen molar-refractivity contribution >= 4 is 45.0 Å². The molecule has 178 valence electrons. The molecule has 0 spiro atoms. The Labute approximate surface area is 204 Å². The van der Waals surface area contributed by atoms with Crippen molar-refractivity contribution in [2.45, 2.75) is 51.6 Å². The quantitative estimate of drug-likeness (QED) is 0.457. The average molecular weight is 490 g/mol. The van der Waals surface area contributed by atoms with Crippen molar-refractivity contribution in [3.8, 4) is 0 Å². The molecule has 1 atom stereocenters. The lowest BCUT2D eigenvalue weighted by molar-refractivity contribution is -0.120. The molecule has 0 unspecified atom stereocenters. The van der Waals surface area contributed by atoms with Crippen LogP contribution in [-0.4, -0.2) is 58.4 Å². The minimum Gasteiger partial charge on any atom is -0.338 e.